The van der Waals surface area contributed by atoms with E-state index in [0.717, 1.165) is 29.7 Å². The Bertz CT molecular complexity index is 1310. The third-order valence-corrected chi connectivity index (χ3v) is 8.50. The molecule has 3 heterocycles. The maximum Gasteiger partial charge on any atom is 0.332 e. The van der Waals surface area contributed by atoms with Gasteiger partial charge < -0.3 is 9.88 Å². The molecule has 0 spiro atoms. The molecule has 2 aromatic heterocycles. The van der Waals surface area contributed by atoms with E-state index < -0.39 is 25.1 Å². The van der Waals surface area contributed by atoms with E-state index in [4.69, 9.17) is 0 Å². The van der Waals surface area contributed by atoms with Crippen LogP contribution in [0.3, 0.4) is 0 Å². The summed E-state index contributed by atoms with van der Waals surface area (Å²) in [6.45, 7) is 2.64. The Morgan fingerprint density at radius 1 is 1.10 bits per heavy atom. The molecular formula is C19H22FN5O4S2. The van der Waals surface area contributed by atoms with Gasteiger partial charge in [0.25, 0.3) is 0 Å². The first-order valence-electron chi connectivity index (χ1n) is 9.65. The highest BCUT2D eigenvalue weighted by Gasteiger charge is 2.36. The van der Waals surface area contributed by atoms with Crippen LogP contribution in [-0.4, -0.2) is 62.3 Å². The number of benzene rings is 1. The average Bonchev–Trinajstić information content (AvgIpc) is 3.22. The molecule has 1 saturated heterocycles. The lowest BCUT2D eigenvalue weighted by Gasteiger charge is -2.41. The molecule has 1 N–H and O–H groups in total. The minimum atomic E-state index is -4.89. The second-order valence-corrected chi connectivity index (χ2v) is 10.9. The maximum absolute atomic E-state index is 13.2. The summed E-state index contributed by atoms with van der Waals surface area (Å²) in [6, 6.07) is 5.90. The molecule has 0 saturated carbocycles. The Balaban J connectivity index is 1.61. The minimum absolute atomic E-state index is 0.0779. The molecule has 2 atom stereocenters. The molecule has 1 aliphatic rings. The molecular weight excluding hydrogens is 445 g/mol. The number of likely N-dealkylation sites (N-methyl/N-ethyl adjacent to an activating group) is 1. The fraction of sp³-hybridized carbons (Fsp3) is 0.368. The van der Waals surface area contributed by atoms with E-state index in [9.17, 15) is 20.7 Å². The summed E-state index contributed by atoms with van der Waals surface area (Å²) >= 11 is 0. The number of fused-ring (bicyclic) bond motifs is 1. The van der Waals surface area contributed by atoms with Gasteiger partial charge in [0.15, 0.2) is 0 Å². The van der Waals surface area contributed by atoms with Gasteiger partial charge in [0.2, 0.25) is 10.0 Å². The lowest BCUT2D eigenvalue weighted by molar-refractivity contribution is 0.247. The number of sulfonamides is 1. The zero-order valence-corrected chi connectivity index (χ0v) is 18.6. The van der Waals surface area contributed by atoms with Gasteiger partial charge in [-0.15, -0.1) is 3.89 Å². The molecule has 0 bridgehead atoms. The highest BCUT2D eigenvalue weighted by atomic mass is 32.3. The van der Waals surface area contributed by atoms with Crippen LogP contribution in [0.2, 0.25) is 0 Å². The van der Waals surface area contributed by atoms with Crippen molar-refractivity contribution in [3.63, 3.8) is 0 Å². The highest BCUT2D eigenvalue weighted by Crippen LogP contribution is 2.31. The normalized spacial score (nSPS) is 20.7. The van der Waals surface area contributed by atoms with Gasteiger partial charge in [0.05, 0.1) is 15.2 Å². The lowest BCUT2D eigenvalue weighted by Crippen LogP contribution is -2.52. The molecule has 0 aliphatic carbocycles. The van der Waals surface area contributed by atoms with Crippen LogP contribution in [0.15, 0.2) is 52.6 Å². The number of nitrogens with zero attached hydrogens (tertiary/aromatic N) is 4. The van der Waals surface area contributed by atoms with E-state index in [1.165, 1.54) is 10.6 Å². The molecule has 3 aromatic rings. The number of rotatable bonds is 5. The number of hydrogen-bond acceptors (Lipinski definition) is 7. The van der Waals surface area contributed by atoms with Crippen molar-refractivity contribution >= 4 is 37.1 Å². The number of piperidine rings is 1. The number of anilines is 1. The number of hydrogen-bond donors (Lipinski definition) is 1. The highest BCUT2D eigenvalue weighted by molar-refractivity contribution is 7.89. The van der Waals surface area contributed by atoms with Crippen molar-refractivity contribution in [3.05, 3.63) is 42.9 Å². The first-order valence-corrected chi connectivity index (χ1v) is 12.5. The van der Waals surface area contributed by atoms with E-state index in [2.05, 4.69) is 21.9 Å². The minimum Gasteiger partial charge on any atom is -0.354 e. The molecule has 0 radical (unpaired) electrons. The zero-order valence-electron chi connectivity index (χ0n) is 16.9. The number of aromatic nitrogens is 3. The van der Waals surface area contributed by atoms with Crippen LogP contribution in [-0.2, 0) is 20.2 Å². The van der Waals surface area contributed by atoms with Crippen molar-refractivity contribution in [3.8, 4) is 0 Å². The standard InChI is InChI=1S/C19H22FN5O4S2/c1-13-8-10-25(31(28,29)15-5-3-14(4-6-15)30(20,26)27)11-17(13)24(2)19-16-7-9-21-18(16)22-12-23-19/h3-7,9,12-13,17H,8,10-11H2,1-2H3,(H,21,22,23). The average molecular weight is 468 g/mol. The SMILES string of the molecule is CC1CCN(S(=O)(=O)c2ccc(S(=O)(=O)F)cc2)CC1N(C)c1ncnc2[nH]ccc12. The van der Waals surface area contributed by atoms with E-state index >= 15 is 0 Å². The Hall–Kier alpha value is -2.57. The smallest absolute Gasteiger partial charge is 0.332 e. The molecule has 2 unspecified atom stereocenters. The van der Waals surface area contributed by atoms with Crippen molar-refractivity contribution in [1.82, 2.24) is 19.3 Å². The number of nitrogens with one attached hydrogen (secondary N) is 1. The van der Waals surface area contributed by atoms with Crippen molar-refractivity contribution in [2.45, 2.75) is 29.2 Å². The molecule has 12 heteroatoms. The lowest BCUT2D eigenvalue weighted by atomic mass is 9.93. The quantitative estimate of drug-likeness (QED) is 0.572. The summed E-state index contributed by atoms with van der Waals surface area (Å²) in [5, 5.41) is 0.847. The first-order chi connectivity index (χ1) is 14.6. The molecule has 0 amide bonds. The summed E-state index contributed by atoms with van der Waals surface area (Å²) in [6.07, 6.45) is 3.89. The third-order valence-electron chi connectivity index (χ3n) is 5.79. The number of halogens is 1. The van der Waals surface area contributed by atoms with E-state index in [0.29, 0.717) is 24.4 Å². The van der Waals surface area contributed by atoms with Crippen LogP contribution in [0.4, 0.5) is 9.70 Å². The maximum atomic E-state index is 13.2. The number of H-pyrrole nitrogens is 1. The largest absolute Gasteiger partial charge is 0.354 e. The van der Waals surface area contributed by atoms with Crippen LogP contribution in [0.5, 0.6) is 0 Å². The second kappa shape index (κ2) is 7.84. The van der Waals surface area contributed by atoms with Crippen LogP contribution < -0.4 is 4.90 Å². The third kappa shape index (κ3) is 4.02. The van der Waals surface area contributed by atoms with Gasteiger partial charge in [-0.2, -0.15) is 12.7 Å². The predicted molar refractivity (Wildman–Crippen MR) is 113 cm³/mol. The van der Waals surface area contributed by atoms with Gasteiger partial charge in [-0.1, -0.05) is 6.92 Å². The molecule has 4 rings (SSSR count). The van der Waals surface area contributed by atoms with E-state index in [1.54, 1.807) is 6.20 Å². The van der Waals surface area contributed by atoms with E-state index in [1.807, 2.05) is 18.0 Å². The van der Waals surface area contributed by atoms with Crippen molar-refractivity contribution < 1.29 is 20.7 Å². The van der Waals surface area contributed by atoms with Gasteiger partial charge in [-0.05, 0) is 42.7 Å². The fourth-order valence-electron chi connectivity index (χ4n) is 3.96. The van der Waals surface area contributed by atoms with Gasteiger partial charge in [-0.3, -0.25) is 0 Å². The van der Waals surface area contributed by atoms with Crippen molar-refractivity contribution in [2.75, 3.05) is 25.0 Å². The molecule has 1 aliphatic heterocycles. The van der Waals surface area contributed by atoms with Crippen molar-refractivity contribution in [1.29, 1.82) is 0 Å². The van der Waals surface area contributed by atoms with Crippen LogP contribution in [0, 0.1) is 5.92 Å². The Morgan fingerprint density at radius 2 is 1.77 bits per heavy atom. The molecule has 1 fully saturated rings. The predicted octanol–water partition coefficient (Wildman–Crippen LogP) is 2.15. The summed E-state index contributed by atoms with van der Waals surface area (Å²) in [7, 11) is -6.89. The van der Waals surface area contributed by atoms with Gasteiger partial charge in [0, 0.05) is 32.4 Å². The topological polar surface area (TPSA) is 116 Å². The van der Waals surface area contributed by atoms with Crippen LogP contribution in [0.25, 0.3) is 11.0 Å². The van der Waals surface area contributed by atoms with Crippen molar-refractivity contribution in [2.24, 2.45) is 5.92 Å². The molecule has 1 aromatic carbocycles. The first kappa shape index (κ1) is 21.7. The summed E-state index contributed by atoms with van der Waals surface area (Å²) in [5.74, 6) is 0.916. The van der Waals surface area contributed by atoms with Gasteiger partial charge in [-0.25, -0.2) is 18.4 Å². The summed E-state index contributed by atoms with van der Waals surface area (Å²) in [5.41, 5.74) is 0.702. The molecule has 31 heavy (non-hydrogen) atoms. The van der Waals surface area contributed by atoms with Crippen LogP contribution in [0.1, 0.15) is 13.3 Å². The zero-order chi connectivity index (χ0) is 22.4. The Kier molecular flexibility index (Phi) is 5.48. The molecule has 9 nitrogen and oxygen atoms in total. The Morgan fingerprint density at radius 3 is 2.45 bits per heavy atom. The summed E-state index contributed by atoms with van der Waals surface area (Å²) < 4.78 is 62.9. The van der Waals surface area contributed by atoms with Gasteiger partial charge >= 0.3 is 10.2 Å². The Labute approximate surface area is 180 Å². The van der Waals surface area contributed by atoms with Crippen LogP contribution >= 0.6 is 0 Å². The van der Waals surface area contributed by atoms with Gasteiger partial charge in [0.1, 0.15) is 17.8 Å². The number of aromatic amines is 1. The van der Waals surface area contributed by atoms with E-state index in [-0.39, 0.29) is 23.4 Å². The molecule has 166 valence electrons. The monoisotopic (exact) mass is 467 g/mol. The fourth-order valence-corrected chi connectivity index (χ4v) is 5.90. The summed E-state index contributed by atoms with van der Waals surface area (Å²) in [4.78, 5) is 13.0. The second-order valence-electron chi connectivity index (χ2n) is 7.65.